The average Bonchev–Trinajstić information content (AvgIpc) is 3.31. The molecule has 3 aromatic heterocycles. The SMILES string of the molecule is CC(NC(=O)c1ncnc(NCCN(C)C)c1Cl)c1ncc(C(=O)Nc2cc(C(F)(F)F)c(Cl)cn2)s1. The molecule has 1 atom stereocenters. The minimum absolute atomic E-state index is 0.0420. The number of nitrogens with zero attached hydrogens (tertiary/aromatic N) is 5. The normalized spacial score (nSPS) is 12.4. The molecule has 0 radical (unpaired) electrons. The summed E-state index contributed by atoms with van der Waals surface area (Å²) < 4.78 is 39.2. The molecule has 0 aromatic carbocycles. The van der Waals surface area contributed by atoms with Gasteiger partial charge in [0.25, 0.3) is 11.8 Å². The predicted octanol–water partition coefficient (Wildman–Crippen LogP) is 4.37. The second-order valence-electron chi connectivity index (χ2n) is 7.87. The van der Waals surface area contributed by atoms with E-state index in [-0.39, 0.29) is 21.4 Å². The molecule has 0 saturated heterocycles. The van der Waals surface area contributed by atoms with Gasteiger partial charge in [-0.2, -0.15) is 13.2 Å². The van der Waals surface area contributed by atoms with Crippen molar-refractivity contribution in [2.45, 2.75) is 19.1 Å². The first-order chi connectivity index (χ1) is 17.4. The highest BCUT2D eigenvalue weighted by Crippen LogP contribution is 2.35. The summed E-state index contributed by atoms with van der Waals surface area (Å²) in [7, 11) is 3.82. The van der Waals surface area contributed by atoms with Crippen molar-refractivity contribution >= 4 is 58.0 Å². The van der Waals surface area contributed by atoms with E-state index in [4.69, 9.17) is 23.2 Å². The minimum Gasteiger partial charge on any atom is -0.367 e. The lowest BCUT2D eigenvalue weighted by Gasteiger charge is -2.14. The number of amides is 2. The van der Waals surface area contributed by atoms with Crippen LogP contribution in [-0.4, -0.2) is 63.8 Å². The number of pyridine rings is 1. The van der Waals surface area contributed by atoms with Crippen molar-refractivity contribution in [1.29, 1.82) is 0 Å². The van der Waals surface area contributed by atoms with Gasteiger partial charge in [-0.15, -0.1) is 11.3 Å². The second kappa shape index (κ2) is 12.0. The van der Waals surface area contributed by atoms with Gasteiger partial charge in [0.2, 0.25) is 0 Å². The van der Waals surface area contributed by atoms with Crippen LogP contribution in [0.3, 0.4) is 0 Å². The van der Waals surface area contributed by atoms with E-state index in [0.717, 1.165) is 24.1 Å². The molecular weight excluding hydrogens is 556 g/mol. The van der Waals surface area contributed by atoms with Gasteiger partial charge in [0, 0.05) is 19.3 Å². The van der Waals surface area contributed by atoms with Crippen LogP contribution in [0.15, 0.2) is 24.8 Å². The summed E-state index contributed by atoms with van der Waals surface area (Å²) in [5, 5.41) is 7.86. The van der Waals surface area contributed by atoms with Crippen molar-refractivity contribution in [2.24, 2.45) is 0 Å². The fourth-order valence-corrected chi connectivity index (χ4v) is 4.15. The Morgan fingerprint density at radius 1 is 1.11 bits per heavy atom. The van der Waals surface area contributed by atoms with Crippen molar-refractivity contribution < 1.29 is 22.8 Å². The van der Waals surface area contributed by atoms with Crippen LogP contribution in [0.2, 0.25) is 10.0 Å². The second-order valence-corrected chi connectivity index (χ2v) is 9.72. The monoisotopic (exact) mass is 576 g/mol. The molecule has 0 bridgehead atoms. The summed E-state index contributed by atoms with van der Waals surface area (Å²) in [6.07, 6.45) is -1.45. The Morgan fingerprint density at radius 3 is 2.51 bits per heavy atom. The van der Waals surface area contributed by atoms with Crippen molar-refractivity contribution in [3.8, 4) is 0 Å². The molecule has 0 saturated carbocycles. The van der Waals surface area contributed by atoms with Crippen LogP contribution in [0.25, 0.3) is 0 Å². The van der Waals surface area contributed by atoms with E-state index in [1.54, 1.807) is 6.92 Å². The molecule has 37 heavy (non-hydrogen) atoms. The number of nitrogens with one attached hydrogen (secondary N) is 3. The molecule has 198 valence electrons. The Labute approximate surface area is 223 Å². The fraction of sp³-hybridized carbons (Fsp3) is 0.333. The Bertz CT molecular complexity index is 1290. The van der Waals surface area contributed by atoms with Crippen molar-refractivity contribution in [3.05, 3.63) is 56.0 Å². The summed E-state index contributed by atoms with van der Waals surface area (Å²) in [6, 6.07) is 0.000778. The fourth-order valence-electron chi connectivity index (χ4n) is 2.87. The molecule has 3 heterocycles. The average molecular weight is 577 g/mol. The highest BCUT2D eigenvalue weighted by atomic mass is 35.5. The van der Waals surface area contributed by atoms with Gasteiger partial charge in [0.05, 0.1) is 22.8 Å². The quantitative estimate of drug-likeness (QED) is 0.343. The molecule has 2 amide bonds. The van der Waals surface area contributed by atoms with Crippen LogP contribution in [-0.2, 0) is 6.18 Å². The molecule has 0 aliphatic heterocycles. The number of alkyl halides is 3. The van der Waals surface area contributed by atoms with Crippen LogP contribution in [0.4, 0.5) is 24.8 Å². The van der Waals surface area contributed by atoms with Gasteiger partial charge in [-0.25, -0.2) is 19.9 Å². The molecule has 0 aliphatic rings. The maximum absolute atomic E-state index is 13.1. The number of anilines is 2. The van der Waals surface area contributed by atoms with E-state index < -0.39 is 34.6 Å². The van der Waals surface area contributed by atoms with E-state index in [9.17, 15) is 22.8 Å². The Balaban J connectivity index is 1.66. The third kappa shape index (κ3) is 7.47. The number of thiazole rings is 1. The first kappa shape index (κ1) is 28.5. The van der Waals surface area contributed by atoms with E-state index in [1.807, 2.05) is 19.0 Å². The summed E-state index contributed by atoms with van der Waals surface area (Å²) in [6.45, 7) is 2.91. The van der Waals surface area contributed by atoms with Gasteiger partial charge in [0.15, 0.2) is 5.69 Å². The Hall–Kier alpha value is -3.07. The molecule has 1 unspecified atom stereocenters. The van der Waals surface area contributed by atoms with E-state index in [1.165, 1.54) is 12.5 Å². The smallest absolute Gasteiger partial charge is 0.367 e. The predicted molar refractivity (Wildman–Crippen MR) is 134 cm³/mol. The number of likely N-dealkylation sites (N-methyl/N-ethyl adjacent to an activating group) is 1. The molecule has 0 spiro atoms. The van der Waals surface area contributed by atoms with Crippen LogP contribution < -0.4 is 16.0 Å². The summed E-state index contributed by atoms with van der Waals surface area (Å²) in [4.78, 5) is 43.2. The van der Waals surface area contributed by atoms with E-state index in [0.29, 0.717) is 23.4 Å². The zero-order valence-electron chi connectivity index (χ0n) is 19.7. The largest absolute Gasteiger partial charge is 0.418 e. The molecule has 3 rings (SSSR count). The van der Waals surface area contributed by atoms with Crippen molar-refractivity contribution in [3.63, 3.8) is 0 Å². The molecule has 0 aliphatic carbocycles. The maximum Gasteiger partial charge on any atom is 0.418 e. The summed E-state index contributed by atoms with van der Waals surface area (Å²) in [5.41, 5.74) is -1.17. The van der Waals surface area contributed by atoms with E-state index >= 15 is 0 Å². The summed E-state index contributed by atoms with van der Waals surface area (Å²) in [5.74, 6) is -1.32. The summed E-state index contributed by atoms with van der Waals surface area (Å²) >= 11 is 12.8. The number of halogens is 5. The number of rotatable bonds is 9. The number of carbonyl (C=O) groups excluding carboxylic acids is 2. The number of carbonyl (C=O) groups is 2. The van der Waals surface area contributed by atoms with E-state index in [2.05, 4.69) is 35.9 Å². The van der Waals surface area contributed by atoms with Gasteiger partial charge >= 0.3 is 6.18 Å². The van der Waals surface area contributed by atoms with Gasteiger partial charge in [0.1, 0.15) is 32.9 Å². The molecule has 3 aromatic rings. The molecule has 0 fully saturated rings. The van der Waals surface area contributed by atoms with Crippen LogP contribution in [0.5, 0.6) is 0 Å². The lowest BCUT2D eigenvalue weighted by molar-refractivity contribution is -0.137. The molecular formula is C21H21Cl2F3N8O2S. The Kier molecular flexibility index (Phi) is 9.23. The molecule has 16 heteroatoms. The first-order valence-electron chi connectivity index (χ1n) is 10.6. The van der Waals surface area contributed by atoms with Crippen LogP contribution in [0, 0.1) is 0 Å². The lowest BCUT2D eigenvalue weighted by atomic mass is 10.2. The highest BCUT2D eigenvalue weighted by molar-refractivity contribution is 7.13. The minimum atomic E-state index is -4.71. The number of hydrogen-bond donors (Lipinski definition) is 3. The third-order valence-corrected chi connectivity index (χ3v) is 6.56. The highest BCUT2D eigenvalue weighted by Gasteiger charge is 2.34. The van der Waals surface area contributed by atoms with Crippen LogP contribution in [0.1, 0.15) is 43.7 Å². The first-order valence-corrected chi connectivity index (χ1v) is 12.1. The zero-order chi connectivity index (χ0) is 27.3. The topological polar surface area (TPSA) is 125 Å². The zero-order valence-corrected chi connectivity index (χ0v) is 22.0. The number of hydrogen-bond acceptors (Lipinski definition) is 9. The molecule has 10 nitrogen and oxygen atoms in total. The maximum atomic E-state index is 13.1. The lowest BCUT2D eigenvalue weighted by Crippen LogP contribution is -2.28. The van der Waals surface area contributed by atoms with Crippen molar-refractivity contribution in [1.82, 2.24) is 30.2 Å². The van der Waals surface area contributed by atoms with Gasteiger partial charge in [-0.3, -0.25) is 9.59 Å². The van der Waals surface area contributed by atoms with Gasteiger partial charge in [-0.1, -0.05) is 23.2 Å². The molecule has 3 N–H and O–H groups in total. The van der Waals surface area contributed by atoms with Crippen LogP contribution >= 0.6 is 34.5 Å². The van der Waals surface area contributed by atoms with Crippen molar-refractivity contribution in [2.75, 3.05) is 37.8 Å². The standard InChI is InChI=1S/C21H21Cl2F3N8O2S/c1-10(32-19(36)16-15(23)17(31-9-30-16)27-4-5-34(2)3)20-29-8-13(37-20)18(35)33-14-6-11(21(24,25)26)12(22)7-28-14/h6-10H,4-5H2,1-3H3,(H,32,36)(H,27,30,31)(H,28,33,35). The van der Waals surface area contributed by atoms with Gasteiger partial charge < -0.3 is 20.9 Å². The van der Waals surface area contributed by atoms with Gasteiger partial charge in [-0.05, 0) is 27.1 Å². The third-order valence-electron chi connectivity index (χ3n) is 4.72. The Morgan fingerprint density at radius 2 is 1.84 bits per heavy atom. The number of aromatic nitrogens is 4.